The zero-order chi connectivity index (χ0) is 14.7. The van der Waals surface area contributed by atoms with E-state index in [4.69, 9.17) is 5.73 Å². The number of carbonyl (C=O) groups excluding carboxylic acids is 1. The summed E-state index contributed by atoms with van der Waals surface area (Å²) in [5, 5.41) is 0. The van der Waals surface area contributed by atoms with Crippen molar-refractivity contribution in [1.82, 2.24) is 0 Å². The molecule has 2 rings (SSSR count). The molecule has 0 aromatic heterocycles. The predicted octanol–water partition coefficient (Wildman–Crippen LogP) is 3.21. The van der Waals surface area contributed by atoms with E-state index in [1.54, 1.807) is 13.0 Å². The van der Waals surface area contributed by atoms with Gasteiger partial charge in [0.05, 0.1) is 5.56 Å². The quantitative estimate of drug-likeness (QED) is 0.875. The first kappa shape index (κ1) is 14.0. The van der Waals surface area contributed by atoms with Gasteiger partial charge in [0.1, 0.15) is 11.6 Å². The Kier molecular flexibility index (Phi) is 3.98. The predicted molar refractivity (Wildman–Crippen MR) is 74.6 cm³/mol. The Morgan fingerprint density at radius 1 is 1.20 bits per heavy atom. The van der Waals surface area contributed by atoms with Crippen molar-refractivity contribution < 1.29 is 13.6 Å². The smallest absolute Gasteiger partial charge is 0.261 e. The molecule has 0 saturated heterocycles. The summed E-state index contributed by atoms with van der Waals surface area (Å²) in [5.41, 5.74) is 6.11. The van der Waals surface area contributed by atoms with Crippen LogP contribution in [0, 0.1) is 11.6 Å². The summed E-state index contributed by atoms with van der Waals surface area (Å²) in [6, 6.07) is 9.39. The van der Waals surface area contributed by atoms with E-state index in [-0.39, 0.29) is 12.1 Å². The first-order valence-corrected chi connectivity index (χ1v) is 6.15. The van der Waals surface area contributed by atoms with Gasteiger partial charge in [0, 0.05) is 17.9 Å². The number of rotatable bonds is 3. The fourth-order valence-electron chi connectivity index (χ4n) is 1.94. The fraction of sp³-hybridized carbons (Fsp3) is 0.133. The minimum atomic E-state index is -0.654. The summed E-state index contributed by atoms with van der Waals surface area (Å²) in [6.45, 7) is 2.02. The molecule has 2 N–H and O–H groups in total. The fourth-order valence-corrected chi connectivity index (χ4v) is 1.94. The third-order valence-electron chi connectivity index (χ3n) is 2.90. The van der Waals surface area contributed by atoms with E-state index in [9.17, 15) is 13.6 Å². The molecule has 3 nitrogen and oxygen atoms in total. The van der Waals surface area contributed by atoms with Crippen LogP contribution in [0.5, 0.6) is 0 Å². The number of halogens is 2. The number of hydrogen-bond donors (Lipinski definition) is 1. The van der Waals surface area contributed by atoms with Gasteiger partial charge in [-0.15, -0.1) is 0 Å². The first-order chi connectivity index (χ1) is 9.52. The van der Waals surface area contributed by atoms with Crippen LogP contribution >= 0.6 is 0 Å². The van der Waals surface area contributed by atoms with E-state index in [0.717, 1.165) is 6.07 Å². The van der Waals surface area contributed by atoms with Crippen LogP contribution in [0.2, 0.25) is 0 Å². The number of amides is 1. The SMILES string of the molecule is CCN(C(=O)c1cc(N)ccc1F)c1cccc(F)c1. The number of nitrogens with zero attached hydrogens (tertiary/aromatic N) is 1. The molecule has 0 bridgehead atoms. The van der Waals surface area contributed by atoms with E-state index in [1.807, 2.05) is 0 Å². The molecule has 0 radical (unpaired) electrons. The van der Waals surface area contributed by atoms with Gasteiger partial charge >= 0.3 is 0 Å². The van der Waals surface area contributed by atoms with Crippen molar-refractivity contribution in [2.75, 3.05) is 17.2 Å². The summed E-state index contributed by atoms with van der Waals surface area (Å²) in [6.07, 6.45) is 0. The van der Waals surface area contributed by atoms with Crippen molar-refractivity contribution in [1.29, 1.82) is 0 Å². The topological polar surface area (TPSA) is 46.3 Å². The third-order valence-corrected chi connectivity index (χ3v) is 2.90. The summed E-state index contributed by atoms with van der Waals surface area (Å²) >= 11 is 0. The lowest BCUT2D eigenvalue weighted by atomic mass is 10.1. The molecule has 0 aliphatic rings. The van der Waals surface area contributed by atoms with Crippen LogP contribution in [-0.4, -0.2) is 12.5 Å². The molecular formula is C15H14F2N2O. The van der Waals surface area contributed by atoms with Crippen LogP contribution in [0.3, 0.4) is 0 Å². The molecule has 0 aliphatic heterocycles. The Morgan fingerprint density at radius 2 is 1.95 bits per heavy atom. The van der Waals surface area contributed by atoms with Crippen LogP contribution in [0.1, 0.15) is 17.3 Å². The first-order valence-electron chi connectivity index (χ1n) is 6.15. The number of anilines is 2. The van der Waals surface area contributed by atoms with Crippen LogP contribution in [-0.2, 0) is 0 Å². The Hall–Kier alpha value is -2.43. The van der Waals surface area contributed by atoms with Gasteiger partial charge < -0.3 is 10.6 Å². The molecule has 20 heavy (non-hydrogen) atoms. The highest BCUT2D eigenvalue weighted by Crippen LogP contribution is 2.20. The molecule has 2 aromatic rings. The monoisotopic (exact) mass is 276 g/mol. The Balaban J connectivity index is 2.41. The third kappa shape index (κ3) is 2.77. The van der Waals surface area contributed by atoms with Gasteiger partial charge in [-0.05, 0) is 43.3 Å². The highest BCUT2D eigenvalue weighted by atomic mass is 19.1. The standard InChI is InChI=1S/C15H14F2N2O/c1-2-19(12-5-3-4-10(16)8-12)15(20)13-9-11(18)6-7-14(13)17/h3-9H,2,18H2,1H3. The average molecular weight is 276 g/mol. The summed E-state index contributed by atoms with van der Waals surface area (Å²) in [7, 11) is 0. The normalized spacial score (nSPS) is 10.3. The Bertz CT molecular complexity index is 644. The largest absolute Gasteiger partial charge is 0.399 e. The molecule has 0 atom stereocenters. The molecule has 0 heterocycles. The number of carbonyl (C=O) groups is 1. The lowest BCUT2D eigenvalue weighted by molar-refractivity contribution is 0.0984. The number of nitrogen functional groups attached to an aromatic ring is 1. The Labute approximate surface area is 115 Å². The molecule has 0 aliphatic carbocycles. The summed E-state index contributed by atoms with van der Waals surface area (Å²) < 4.78 is 27.0. The van der Waals surface area contributed by atoms with Crippen molar-refractivity contribution in [2.45, 2.75) is 6.92 Å². The van der Waals surface area contributed by atoms with Gasteiger partial charge in [0.25, 0.3) is 5.91 Å². The molecule has 2 aromatic carbocycles. The lowest BCUT2D eigenvalue weighted by Gasteiger charge is -2.21. The maximum Gasteiger partial charge on any atom is 0.261 e. The summed E-state index contributed by atoms with van der Waals surface area (Å²) in [4.78, 5) is 13.7. The highest BCUT2D eigenvalue weighted by Gasteiger charge is 2.20. The van der Waals surface area contributed by atoms with Crippen molar-refractivity contribution >= 4 is 17.3 Å². The van der Waals surface area contributed by atoms with Crippen molar-refractivity contribution in [3.63, 3.8) is 0 Å². The molecule has 0 fully saturated rings. The summed E-state index contributed by atoms with van der Waals surface area (Å²) in [5.74, 6) is -1.66. The van der Waals surface area contributed by atoms with Crippen molar-refractivity contribution in [3.05, 3.63) is 59.7 Å². The molecule has 5 heteroatoms. The van der Waals surface area contributed by atoms with Gasteiger partial charge in [-0.25, -0.2) is 8.78 Å². The van der Waals surface area contributed by atoms with Crippen LogP contribution in [0.25, 0.3) is 0 Å². The van der Waals surface area contributed by atoms with E-state index in [0.29, 0.717) is 11.4 Å². The molecule has 0 unspecified atom stereocenters. The maximum absolute atomic E-state index is 13.7. The number of benzene rings is 2. The number of hydrogen-bond acceptors (Lipinski definition) is 2. The van der Waals surface area contributed by atoms with Crippen LogP contribution in [0.4, 0.5) is 20.2 Å². The second-order valence-electron chi connectivity index (χ2n) is 4.27. The zero-order valence-corrected chi connectivity index (χ0v) is 10.9. The van der Waals surface area contributed by atoms with E-state index < -0.39 is 17.5 Å². The molecular weight excluding hydrogens is 262 g/mol. The van der Waals surface area contributed by atoms with E-state index in [1.165, 1.54) is 35.2 Å². The average Bonchev–Trinajstić information content (AvgIpc) is 2.42. The van der Waals surface area contributed by atoms with Gasteiger partial charge in [0.15, 0.2) is 0 Å². The van der Waals surface area contributed by atoms with E-state index in [2.05, 4.69) is 0 Å². The van der Waals surface area contributed by atoms with Crippen LogP contribution < -0.4 is 10.6 Å². The van der Waals surface area contributed by atoms with E-state index >= 15 is 0 Å². The van der Waals surface area contributed by atoms with Gasteiger partial charge in [0.2, 0.25) is 0 Å². The molecule has 0 saturated carbocycles. The second-order valence-corrected chi connectivity index (χ2v) is 4.27. The van der Waals surface area contributed by atoms with Gasteiger partial charge in [-0.1, -0.05) is 6.07 Å². The van der Waals surface area contributed by atoms with Gasteiger partial charge in [-0.3, -0.25) is 4.79 Å². The van der Waals surface area contributed by atoms with Crippen molar-refractivity contribution in [2.24, 2.45) is 0 Å². The maximum atomic E-state index is 13.7. The molecule has 0 spiro atoms. The van der Waals surface area contributed by atoms with Crippen LogP contribution in [0.15, 0.2) is 42.5 Å². The lowest BCUT2D eigenvalue weighted by Crippen LogP contribution is -2.31. The molecule has 104 valence electrons. The highest BCUT2D eigenvalue weighted by molar-refractivity contribution is 6.06. The van der Waals surface area contributed by atoms with Crippen molar-refractivity contribution in [3.8, 4) is 0 Å². The second kappa shape index (κ2) is 5.69. The minimum Gasteiger partial charge on any atom is -0.399 e. The number of nitrogens with two attached hydrogens (primary N) is 1. The minimum absolute atomic E-state index is 0.129. The molecule has 1 amide bonds. The zero-order valence-electron chi connectivity index (χ0n) is 10.9. The van der Waals surface area contributed by atoms with Gasteiger partial charge in [-0.2, -0.15) is 0 Å². The Morgan fingerprint density at radius 3 is 2.60 bits per heavy atom.